The van der Waals surface area contributed by atoms with Gasteiger partial charge < -0.3 is 10.1 Å². The molecule has 0 radical (unpaired) electrons. The standard InChI is InChI=1S/C20H23N3O3/c1-2-14-26-15-11-19(24)22-12-6-13-23(22)20(25)21-18-10-5-8-16-7-3-4-9-17(16)18/h2-5,7-10H,1,6,11-15H2,(H,21,25). The van der Waals surface area contributed by atoms with Crippen molar-refractivity contribution in [3.63, 3.8) is 0 Å². The maximum Gasteiger partial charge on any atom is 0.340 e. The summed E-state index contributed by atoms with van der Waals surface area (Å²) in [6.45, 7) is 5.37. The molecule has 1 fully saturated rings. The van der Waals surface area contributed by atoms with Gasteiger partial charge in [-0.25, -0.2) is 14.8 Å². The number of nitrogens with one attached hydrogen (secondary N) is 1. The van der Waals surface area contributed by atoms with E-state index in [0.717, 1.165) is 22.9 Å². The molecule has 136 valence electrons. The number of anilines is 1. The number of fused-ring (bicyclic) bond motifs is 1. The van der Waals surface area contributed by atoms with Crippen molar-refractivity contribution in [1.82, 2.24) is 10.0 Å². The molecule has 6 nitrogen and oxygen atoms in total. The highest BCUT2D eigenvalue weighted by Crippen LogP contribution is 2.24. The number of hydrogen-bond donors (Lipinski definition) is 1. The van der Waals surface area contributed by atoms with Crippen LogP contribution in [-0.4, -0.2) is 48.3 Å². The molecule has 0 bridgehead atoms. The van der Waals surface area contributed by atoms with Gasteiger partial charge in [-0.3, -0.25) is 4.79 Å². The van der Waals surface area contributed by atoms with E-state index in [9.17, 15) is 9.59 Å². The molecule has 1 N–H and O–H groups in total. The average molecular weight is 353 g/mol. The van der Waals surface area contributed by atoms with E-state index in [4.69, 9.17) is 4.74 Å². The Labute approximate surface area is 153 Å². The van der Waals surface area contributed by atoms with Gasteiger partial charge in [0.25, 0.3) is 0 Å². The second-order valence-electron chi connectivity index (χ2n) is 6.06. The predicted molar refractivity (Wildman–Crippen MR) is 102 cm³/mol. The van der Waals surface area contributed by atoms with E-state index in [0.29, 0.717) is 26.3 Å². The van der Waals surface area contributed by atoms with Crippen LogP contribution in [0.15, 0.2) is 55.1 Å². The van der Waals surface area contributed by atoms with E-state index in [1.54, 1.807) is 6.08 Å². The van der Waals surface area contributed by atoms with Crippen molar-refractivity contribution in [1.29, 1.82) is 0 Å². The van der Waals surface area contributed by atoms with Gasteiger partial charge in [-0.2, -0.15) is 0 Å². The Kier molecular flexibility index (Phi) is 5.86. The molecule has 0 atom stereocenters. The van der Waals surface area contributed by atoms with Crippen molar-refractivity contribution in [3.05, 3.63) is 55.1 Å². The molecular formula is C20H23N3O3. The highest BCUT2D eigenvalue weighted by Gasteiger charge is 2.30. The Morgan fingerprint density at radius 1 is 1.12 bits per heavy atom. The van der Waals surface area contributed by atoms with Crippen LogP contribution in [0.4, 0.5) is 10.5 Å². The van der Waals surface area contributed by atoms with Gasteiger partial charge in [-0.05, 0) is 17.9 Å². The zero-order chi connectivity index (χ0) is 18.4. The molecule has 1 aliphatic heterocycles. The largest absolute Gasteiger partial charge is 0.377 e. The zero-order valence-electron chi connectivity index (χ0n) is 14.7. The SMILES string of the molecule is C=CCOCCC(=O)N1CCCN1C(=O)Nc1cccc2ccccc12. The number of nitrogens with zero attached hydrogens (tertiary/aromatic N) is 2. The lowest BCUT2D eigenvalue weighted by Gasteiger charge is -2.28. The van der Waals surface area contributed by atoms with E-state index in [1.807, 2.05) is 42.5 Å². The topological polar surface area (TPSA) is 61.9 Å². The fourth-order valence-corrected chi connectivity index (χ4v) is 3.05. The summed E-state index contributed by atoms with van der Waals surface area (Å²) in [7, 11) is 0. The predicted octanol–water partition coefficient (Wildman–Crippen LogP) is 3.41. The maximum absolute atomic E-state index is 12.7. The lowest BCUT2D eigenvalue weighted by atomic mass is 10.1. The van der Waals surface area contributed by atoms with Crippen LogP contribution in [0.5, 0.6) is 0 Å². The van der Waals surface area contributed by atoms with Gasteiger partial charge in [0, 0.05) is 18.5 Å². The van der Waals surface area contributed by atoms with E-state index in [1.165, 1.54) is 10.0 Å². The number of hydrazine groups is 1. The molecule has 0 saturated carbocycles. The number of ether oxygens (including phenoxy) is 1. The Balaban J connectivity index is 1.66. The lowest BCUT2D eigenvalue weighted by Crippen LogP contribution is -2.47. The van der Waals surface area contributed by atoms with E-state index in [2.05, 4.69) is 11.9 Å². The summed E-state index contributed by atoms with van der Waals surface area (Å²) in [6, 6.07) is 13.3. The highest BCUT2D eigenvalue weighted by molar-refractivity contribution is 6.01. The Morgan fingerprint density at radius 2 is 1.88 bits per heavy atom. The first-order valence-corrected chi connectivity index (χ1v) is 8.76. The molecule has 6 heteroatoms. The third kappa shape index (κ3) is 4.03. The second kappa shape index (κ2) is 8.49. The molecule has 0 aromatic heterocycles. The van der Waals surface area contributed by atoms with Crippen LogP contribution in [0.25, 0.3) is 10.8 Å². The first-order chi connectivity index (χ1) is 12.7. The number of benzene rings is 2. The molecule has 26 heavy (non-hydrogen) atoms. The fraction of sp³-hybridized carbons (Fsp3) is 0.300. The molecule has 1 heterocycles. The lowest BCUT2D eigenvalue weighted by molar-refractivity contribution is -0.140. The third-order valence-electron chi connectivity index (χ3n) is 4.28. The monoisotopic (exact) mass is 353 g/mol. The fourth-order valence-electron chi connectivity index (χ4n) is 3.05. The van der Waals surface area contributed by atoms with Crippen LogP contribution in [0.1, 0.15) is 12.8 Å². The molecule has 0 unspecified atom stereocenters. The molecule has 1 saturated heterocycles. The van der Waals surface area contributed by atoms with Gasteiger partial charge >= 0.3 is 6.03 Å². The van der Waals surface area contributed by atoms with Gasteiger partial charge in [-0.15, -0.1) is 6.58 Å². The van der Waals surface area contributed by atoms with Crippen LogP contribution in [0.2, 0.25) is 0 Å². The molecule has 0 spiro atoms. The summed E-state index contributed by atoms with van der Waals surface area (Å²) >= 11 is 0. The van der Waals surface area contributed by atoms with Crippen molar-refractivity contribution in [2.24, 2.45) is 0 Å². The van der Waals surface area contributed by atoms with Crippen LogP contribution in [0.3, 0.4) is 0 Å². The second-order valence-corrected chi connectivity index (χ2v) is 6.06. The van der Waals surface area contributed by atoms with Gasteiger partial charge in [0.15, 0.2) is 0 Å². The molecular weight excluding hydrogens is 330 g/mol. The van der Waals surface area contributed by atoms with Crippen molar-refractivity contribution < 1.29 is 14.3 Å². The van der Waals surface area contributed by atoms with Crippen molar-refractivity contribution in [3.8, 4) is 0 Å². The third-order valence-corrected chi connectivity index (χ3v) is 4.28. The number of amides is 3. The Hall–Kier alpha value is -2.86. The number of urea groups is 1. The normalized spacial score (nSPS) is 13.8. The minimum Gasteiger partial charge on any atom is -0.377 e. The van der Waals surface area contributed by atoms with Crippen LogP contribution >= 0.6 is 0 Å². The average Bonchev–Trinajstić information content (AvgIpc) is 3.15. The first-order valence-electron chi connectivity index (χ1n) is 8.76. The minimum absolute atomic E-state index is 0.111. The molecule has 3 rings (SSSR count). The molecule has 2 aromatic carbocycles. The van der Waals surface area contributed by atoms with Crippen molar-refractivity contribution in [2.75, 3.05) is 31.6 Å². The number of carbonyl (C=O) groups excluding carboxylic acids is 2. The Bertz CT molecular complexity index is 800. The van der Waals surface area contributed by atoms with Crippen LogP contribution in [-0.2, 0) is 9.53 Å². The summed E-state index contributed by atoms with van der Waals surface area (Å²) in [6.07, 6.45) is 2.65. The summed E-state index contributed by atoms with van der Waals surface area (Å²) in [4.78, 5) is 25.1. The maximum atomic E-state index is 12.7. The van der Waals surface area contributed by atoms with Crippen LogP contribution in [0, 0.1) is 0 Å². The molecule has 3 amide bonds. The summed E-state index contributed by atoms with van der Waals surface area (Å²) in [5.74, 6) is -0.111. The van der Waals surface area contributed by atoms with Gasteiger partial charge in [0.05, 0.1) is 25.3 Å². The zero-order valence-corrected chi connectivity index (χ0v) is 14.7. The van der Waals surface area contributed by atoms with Crippen molar-refractivity contribution in [2.45, 2.75) is 12.8 Å². The summed E-state index contributed by atoms with van der Waals surface area (Å²) < 4.78 is 5.27. The van der Waals surface area contributed by atoms with E-state index in [-0.39, 0.29) is 18.4 Å². The van der Waals surface area contributed by atoms with Gasteiger partial charge in [0.2, 0.25) is 5.91 Å². The van der Waals surface area contributed by atoms with Crippen LogP contribution < -0.4 is 5.32 Å². The smallest absolute Gasteiger partial charge is 0.340 e. The van der Waals surface area contributed by atoms with E-state index >= 15 is 0 Å². The van der Waals surface area contributed by atoms with Gasteiger partial charge in [-0.1, -0.05) is 42.5 Å². The summed E-state index contributed by atoms with van der Waals surface area (Å²) in [5.41, 5.74) is 0.738. The molecule has 2 aromatic rings. The quantitative estimate of drug-likeness (QED) is 0.639. The van der Waals surface area contributed by atoms with Gasteiger partial charge in [0.1, 0.15) is 0 Å². The molecule has 1 aliphatic rings. The number of carbonyl (C=O) groups is 2. The summed E-state index contributed by atoms with van der Waals surface area (Å²) in [5, 5.41) is 7.96. The number of hydrogen-bond acceptors (Lipinski definition) is 3. The highest BCUT2D eigenvalue weighted by atomic mass is 16.5. The van der Waals surface area contributed by atoms with E-state index < -0.39 is 0 Å². The Morgan fingerprint density at radius 3 is 2.73 bits per heavy atom. The van der Waals surface area contributed by atoms with Crippen molar-refractivity contribution >= 4 is 28.4 Å². The number of rotatable bonds is 6. The minimum atomic E-state index is -0.292. The molecule has 0 aliphatic carbocycles. The first kappa shape index (κ1) is 17.9.